The fourth-order valence-electron chi connectivity index (χ4n) is 4.10. The smallest absolute Gasteiger partial charge is 0.252 e. The van der Waals surface area contributed by atoms with Crippen molar-refractivity contribution in [2.24, 2.45) is 11.8 Å². The lowest BCUT2D eigenvalue weighted by Crippen LogP contribution is -2.37. The predicted molar refractivity (Wildman–Crippen MR) is 92.9 cm³/mol. The highest BCUT2D eigenvalue weighted by molar-refractivity contribution is 5.95. The van der Waals surface area contributed by atoms with E-state index in [1.807, 2.05) is 6.07 Å². The molecule has 5 heteroatoms. The van der Waals surface area contributed by atoms with Gasteiger partial charge in [0, 0.05) is 18.0 Å². The summed E-state index contributed by atoms with van der Waals surface area (Å²) in [4.78, 5) is 17.6. The SMILES string of the molecule is CC1CC1(NC(=O)c1ccc(F)cc1)c1ccc2c(n1)C1CC1CN2. The zero-order valence-electron chi connectivity index (χ0n) is 14.1. The summed E-state index contributed by atoms with van der Waals surface area (Å²) in [5.74, 6) is 1.13. The third kappa shape index (κ3) is 2.33. The second kappa shape index (κ2) is 5.04. The van der Waals surface area contributed by atoms with E-state index in [2.05, 4.69) is 23.6 Å². The van der Waals surface area contributed by atoms with Crippen LogP contribution in [0, 0.1) is 17.7 Å². The molecule has 4 nitrogen and oxygen atoms in total. The molecule has 0 bridgehead atoms. The molecule has 0 spiro atoms. The number of hydrogen-bond donors (Lipinski definition) is 2. The minimum absolute atomic E-state index is 0.175. The average Bonchev–Trinajstić information content (AvgIpc) is 3.51. The lowest BCUT2D eigenvalue weighted by Gasteiger charge is -2.22. The van der Waals surface area contributed by atoms with Gasteiger partial charge in [-0.1, -0.05) is 6.92 Å². The highest BCUT2D eigenvalue weighted by Gasteiger charge is 2.55. The van der Waals surface area contributed by atoms with E-state index in [4.69, 9.17) is 4.98 Å². The number of benzene rings is 1. The van der Waals surface area contributed by atoms with Crippen LogP contribution in [0.4, 0.5) is 10.1 Å². The number of hydrogen-bond acceptors (Lipinski definition) is 3. The van der Waals surface area contributed by atoms with E-state index < -0.39 is 5.54 Å². The molecule has 5 rings (SSSR count). The molecule has 25 heavy (non-hydrogen) atoms. The maximum Gasteiger partial charge on any atom is 0.252 e. The molecular formula is C20H20FN3O. The zero-order valence-corrected chi connectivity index (χ0v) is 14.1. The molecule has 1 aromatic heterocycles. The van der Waals surface area contributed by atoms with Crippen LogP contribution in [0.5, 0.6) is 0 Å². The highest BCUT2D eigenvalue weighted by Crippen LogP contribution is 2.55. The zero-order chi connectivity index (χ0) is 17.2. The molecular weight excluding hydrogens is 317 g/mol. The van der Waals surface area contributed by atoms with Crippen LogP contribution in [-0.2, 0) is 5.54 Å². The van der Waals surface area contributed by atoms with Crippen molar-refractivity contribution in [1.29, 1.82) is 0 Å². The maximum atomic E-state index is 13.1. The number of carbonyl (C=O) groups excluding carboxylic acids is 1. The van der Waals surface area contributed by atoms with Gasteiger partial charge in [-0.15, -0.1) is 0 Å². The largest absolute Gasteiger partial charge is 0.383 e. The van der Waals surface area contributed by atoms with E-state index >= 15 is 0 Å². The van der Waals surface area contributed by atoms with Gasteiger partial charge in [0.15, 0.2) is 0 Å². The van der Waals surface area contributed by atoms with Crippen LogP contribution >= 0.6 is 0 Å². The van der Waals surface area contributed by atoms with Gasteiger partial charge < -0.3 is 10.6 Å². The van der Waals surface area contributed by atoms with Crippen molar-refractivity contribution < 1.29 is 9.18 Å². The summed E-state index contributed by atoms with van der Waals surface area (Å²) in [6, 6.07) is 9.79. The predicted octanol–water partition coefficient (Wildman–Crippen LogP) is 3.41. The van der Waals surface area contributed by atoms with Gasteiger partial charge >= 0.3 is 0 Å². The lowest BCUT2D eigenvalue weighted by molar-refractivity contribution is 0.0926. The highest BCUT2D eigenvalue weighted by atomic mass is 19.1. The van der Waals surface area contributed by atoms with Gasteiger partial charge in [0.05, 0.1) is 22.6 Å². The first-order valence-electron chi connectivity index (χ1n) is 8.90. The number of nitrogens with one attached hydrogen (secondary N) is 2. The Morgan fingerprint density at radius 2 is 2.04 bits per heavy atom. The van der Waals surface area contributed by atoms with E-state index in [0.29, 0.717) is 17.4 Å². The van der Waals surface area contributed by atoms with Crippen molar-refractivity contribution in [3.63, 3.8) is 0 Å². The normalized spacial score (nSPS) is 31.4. The van der Waals surface area contributed by atoms with Gasteiger partial charge in [0.2, 0.25) is 0 Å². The number of pyridine rings is 1. The molecule has 1 aliphatic heterocycles. The van der Waals surface area contributed by atoms with Gasteiger partial charge in [0.1, 0.15) is 5.82 Å². The van der Waals surface area contributed by atoms with E-state index in [0.717, 1.165) is 36.0 Å². The van der Waals surface area contributed by atoms with Crippen LogP contribution in [0.25, 0.3) is 0 Å². The molecule has 2 heterocycles. The topological polar surface area (TPSA) is 54.0 Å². The van der Waals surface area contributed by atoms with Crippen molar-refractivity contribution in [2.45, 2.75) is 31.2 Å². The molecule has 4 atom stereocenters. The summed E-state index contributed by atoms with van der Waals surface area (Å²) in [5, 5.41) is 6.61. The van der Waals surface area contributed by atoms with Crippen LogP contribution in [0.1, 0.15) is 47.4 Å². The Morgan fingerprint density at radius 3 is 2.76 bits per heavy atom. The minimum atomic E-state index is -0.400. The first-order chi connectivity index (χ1) is 12.1. The first kappa shape index (κ1) is 14.9. The first-order valence-corrected chi connectivity index (χ1v) is 8.90. The Kier molecular flexibility index (Phi) is 3.00. The van der Waals surface area contributed by atoms with Crippen LogP contribution in [0.15, 0.2) is 36.4 Å². The lowest BCUT2D eigenvalue weighted by atomic mass is 10.0. The molecule has 1 aromatic carbocycles. The van der Waals surface area contributed by atoms with Crippen LogP contribution < -0.4 is 10.6 Å². The fraction of sp³-hybridized carbons (Fsp3) is 0.400. The Labute approximate surface area is 145 Å². The van der Waals surface area contributed by atoms with Crippen molar-refractivity contribution in [3.8, 4) is 0 Å². The van der Waals surface area contributed by atoms with Gasteiger partial charge in [-0.2, -0.15) is 0 Å². The molecule has 2 aromatic rings. The second-order valence-corrected chi connectivity index (χ2v) is 7.65. The summed E-state index contributed by atoms with van der Waals surface area (Å²) < 4.78 is 13.1. The van der Waals surface area contributed by atoms with Crippen molar-refractivity contribution in [3.05, 3.63) is 59.2 Å². The van der Waals surface area contributed by atoms with Gasteiger partial charge in [-0.05, 0) is 61.1 Å². The molecule has 4 unspecified atom stereocenters. The molecule has 3 aliphatic rings. The van der Waals surface area contributed by atoms with Crippen LogP contribution in [-0.4, -0.2) is 17.4 Å². The Hall–Kier alpha value is -2.43. The van der Waals surface area contributed by atoms with E-state index in [1.54, 1.807) is 0 Å². The minimum Gasteiger partial charge on any atom is -0.383 e. The van der Waals surface area contributed by atoms with Gasteiger partial charge in [-0.3, -0.25) is 9.78 Å². The second-order valence-electron chi connectivity index (χ2n) is 7.65. The van der Waals surface area contributed by atoms with Crippen molar-refractivity contribution >= 4 is 11.6 Å². The van der Waals surface area contributed by atoms with Gasteiger partial charge in [-0.25, -0.2) is 4.39 Å². The van der Waals surface area contributed by atoms with E-state index in [9.17, 15) is 9.18 Å². The Morgan fingerprint density at radius 1 is 1.28 bits per heavy atom. The average molecular weight is 337 g/mol. The molecule has 2 saturated carbocycles. The van der Waals surface area contributed by atoms with E-state index in [-0.39, 0.29) is 11.7 Å². The summed E-state index contributed by atoms with van der Waals surface area (Å²) in [7, 11) is 0. The number of fused-ring (bicyclic) bond motifs is 3. The molecule has 128 valence electrons. The third-order valence-electron chi connectivity index (χ3n) is 5.96. The summed E-state index contributed by atoms with van der Waals surface area (Å²) >= 11 is 0. The quantitative estimate of drug-likeness (QED) is 0.902. The standard InChI is InChI=1S/C20H20FN3O/c1-11-9-20(11,24-19(25)12-2-4-14(21)5-3-12)17-7-6-16-18(23-17)15-8-13(15)10-22-16/h2-7,11,13,15,22H,8-10H2,1H3,(H,24,25). The number of halogens is 1. The summed E-state index contributed by atoms with van der Waals surface area (Å²) in [6.07, 6.45) is 2.09. The van der Waals surface area contributed by atoms with E-state index in [1.165, 1.54) is 30.7 Å². The summed E-state index contributed by atoms with van der Waals surface area (Å²) in [5.41, 5.74) is 3.31. The van der Waals surface area contributed by atoms with Crippen molar-refractivity contribution in [1.82, 2.24) is 10.3 Å². The number of amides is 1. The van der Waals surface area contributed by atoms with Crippen molar-refractivity contribution in [2.75, 3.05) is 11.9 Å². The number of nitrogens with zero attached hydrogens (tertiary/aromatic N) is 1. The molecule has 1 amide bonds. The number of carbonyl (C=O) groups is 1. The van der Waals surface area contributed by atoms with Crippen LogP contribution in [0.2, 0.25) is 0 Å². The number of aromatic nitrogens is 1. The molecule has 2 N–H and O–H groups in total. The molecule has 0 saturated heterocycles. The number of anilines is 1. The monoisotopic (exact) mass is 337 g/mol. The van der Waals surface area contributed by atoms with Crippen LogP contribution in [0.3, 0.4) is 0 Å². The molecule has 2 fully saturated rings. The maximum absolute atomic E-state index is 13.1. The fourth-order valence-corrected chi connectivity index (χ4v) is 4.10. The molecule has 0 radical (unpaired) electrons. The Balaban J connectivity index is 1.44. The summed E-state index contributed by atoms with van der Waals surface area (Å²) in [6.45, 7) is 3.17. The van der Waals surface area contributed by atoms with Gasteiger partial charge in [0.25, 0.3) is 5.91 Å². The Bertz CT molecular complexity index is 866. The third-order valence-corrected chi connectivity index (χ3v) is 5.96. The molecule has 2 aliphatic carbocycles. The number of rotatable bonds is 3.